The Hall–Kier alpha value is -1.13. The van der Waals surface area contributed by atoms with Crippen molar-refractivity contribution < 1.29 is 9.90 Å². The van der Waals surface area contributed by atoms with Gasteiger partial charge in [-0.3, -0.25) is 4.79 Å². The number of H-pyrrole nitrogens is 1. The summed E-state index contributed by atoms with van der Waals surface area (Å²) in [6.45, 7) is 2.22. The van der Waals surface area contributed by atoms with Gasteiger partial charge in [0.25, 0.3) is 0 Å². The van der Waals surface area contributed by atoms with E-state index in [-0.39, 0.29) is 5.92 Å². The summed E-state index contributed by atoms with van der Waals surface area (Å²) >= 11 is 8.26. The predicted molar refractivity (Wildman–Crippen MR) is 101 cm³/mol. The van der Waals surface area contributed by atoms with Crippen LogP contribution in [0, 0.1) is 5.92 Å². The third kappa shape index (κ3) is 3.75. The van der Waals surface area contributed by atoms with E-state index in [0.29, 0.717) is 12.8 Å². The molecule has 1 heterocycles. The van der Waals surface area contributed by atoms with E-state index in [1.54, 1.807) is 0 Å². The Morgan fingerprint density at radius 2 is 2.21 bits per heavy atom. The van der Waals surface area contributed by atoms with Crippen LogP contribution in [-0.2, 0) is 17.6 Å². The number of halogens is 1. The number of unbranched alkanes of at least 4 members (excludes halogenated alkanes) is 3. The molecule has 0 radical (unpaired) electrons. The molecule has 1 aromatic heterocycles. The molecule has 5 heteroatoms. The second kappa shape index (κ2) is 7.83. The number of rotatable bonds is 7. The third-order valence-electron chi connectivity index (χ3n) is 4.85. The fourth-order valence-electron chi connectivity index (χ4n) is 3.45. The molecule has 0 spiro atoms. The fraction of sp³-hybridized carbons (Fsp3) is 0.526. The first kappa shape index (κ1) is 17.7. The maximum atomic E-state index is 11.3. The Morgan fingerprint density at radius 3 is 2.96 bits per heavy atom. The van der Waals surface area contributed by atoms with Gasteiger partial charge in [-0.1, -0.05) is 37.8 Å². The molecule has 0 bridgehead atoms. The average molecular weight is 366 g/mol. The van der Waals surface area contributed by atoms with E-state index in [9.17, 15) is 9.90 Å². The first-order valence-electron chi connectivity index (χ1n) is 8.78. The molecule has 3 nitrogen and oxygen atoms in total. The number of aromatic nitrogens is 1. The summed E-state index contributed by atoms with van der Waals surface area (Å²) in [6.07, 6.45) is 7.14. The first-order chi connectivity index (χ1) is 11.6. The molecule has 130 valence electrons. The highest BCUT2D eigenvalue weighted by molar-refractivity contribution is 7.99. The molecule has 24 heavy (non-hydrogen) atoms. The van der Waals surface area contributed by atoms with Crippen LogP contribution in [0.15, 0.2) is 17.0 Å². The molecule has 0 amide bonds. The highest BCUT2D eigenvalue weighted by Gasteiger charge is 2.27. The van der Waals surface area contributed by atoms with Crippen molar-refractivity contribution in [1.82, 2.24) is 4.98 Å². The Morgan fingerprint density at radius 1 is 1.38 bits per heavy atom. The van der Waals surface area contributed by atoms with Gasteiger partial charge in [0.15, 0.2) is 0 Å². The van der Waals surface area contributed by atoms with Crippen molar-refractivity contribution in [3.63, 3.8) is 0 Å². The van der Waals surface area contributed by atoms with Crippen molar-refractivity contribution in [1.29, 1.82) is 0 Å². The van der Waals surface area contributed by atoms with Crippen LogP contribution in [0.3, 0.4) is 0 Å². The van der Waals surface area contributed by atoms with Crippen LogP contribution >= 0.6 is 23.4 Å². The molecule has 1 aliphatic carbocycles. The van der Waals surface area contributed by atoms with Gasteiger partial charge in [-0.15, -0.1) is 11.8 Å². The second-order valence-corrected chi connectivity index (χ2v) is 8.14. The summed E-state index contributed by atoms with van der Waals surface area (Å²) in [5.41, 5.74) is 3.39. The number of carbonyl (C=O) groups is 1. The molecule has 2 aromatic rings. The lowest BCUT2D eigenvalue weighted by molar-refractivity contribution is -0.142. The molecule has 3 rings (SSSR count). The standard InChI is InChI=1S/C19H24ClNO2S/c1-2-3-4-5-8-24-18-10-14-13-9-12(19(22)23)6-7-16(13)21-17(14)11-15(18)20/h10-12,21H,2-9H2,1H3,(H,22,23). The molecule has 1 unspecified atom stereocenters. The number of aryl methyl sites for hydroxylation is 1. The Kier molecular flexibility index (Phi) is 5.77. The maximum Gasteiger partial charge on any atom is 0.306 e. The maximum absolute atomic E-state index is 11.3. The molecule has 1 atom stereocenters. The van der Waals surface area contributed by atoms with E-state index in [1.165, 1.54) is 36.9 Å². The van der Waals surface area contributed by atoms with Crippen molar-refractivity contribution in [2.45, 2.75) is 56.8 Å². The number of hydrogen-bond acceptors (Lipinski definition) is 2. The van der Waals surface area contributed by atoms with E-state index in [1.807, 2.05) is 17.8 Å². The van der Waals surface area contributed by atoms with E-state index >= 15 is 0 Å². The van der Waals surface area contributed by atoms with Crippen LogP contribution in [0.4, 0.5) is 0 Å². The summed E-state index contributed by atoms with van der Waals surface area (Å²) in [7, 11) is 0. The van der Waals surface area contributed by atoms with Crippen molar-refractivity contribution in [2.24, 2.45) is 5.92 Å². The number of fused-ring (bicyclic) bond motifs is 3. The van der Waals surface area contributed by atoms with E-state index < -0.39 is 5.97 Å². The number of benzene rings is 1. The van der Waals surface area contributed by atoms with Crippen molar-refractivity contribution >= 4 is 40.2 Å². The van der Waals surface area contributed by atoms with Crippen LogP contribution in [0.2, 0.25) is 5.02 Å². The smallest absolute Gasteiger partial charge is 0.306 e. The van der Waals surface area contributed by atoms with E-state index in [4.69, 9.17) is 11.6 Å². The lowest BCUT2D eigenvalue weighted by atomic mass is 9.86. The van der Waals surface area contributed by atoms with Gasteiger partial charge >= 0.3 is 5.97 Å². The third-order valence-corrected chi connectivity index (χ3v) is 6.41. The van der Waals surface area contributed by atoms with Gasteiger partial charge in [0.1, 0.15) is 0 Å². The van der Waals surface area contributed by atoms with Crippen LogP contribution < -0.4 is 0 Å². The van der Waals surface area contributed by atoms with Gasteiger partial charge in [-0.05, 0) is 49.1 Å². The minimum atomic E-state index is -0.686. The lowest BCUT2D eigenvalue weighted by Crippen LogP contribution is -2.21. The first-order valence-corrected chi connectivity index (χ1v) is 10.1. The summed E-state index contributed by atoms with van der Waals surface area (Å²) in [6, 6.07) is 4.15. The zero-order valence-electron chi connectivity index (χ0n) is 14.0. The molecule has 0 saturated heterocycles. The van der Waals surface area contributed by atoms with Gasteiger partial charge in [-0.25, -0.2) is 0 Å². The molecule has 1 aliphatic rings. The van der Waals surface area contributed by atoms with Crippen LogP contribution in [0.25, 0.3) is 10.9 Å². The lowest BCUT2D eigenvalue weighted by Gasteiger charge is -2.18. The normalized spacial score (nSPS) is 17.2. The number of carboxylic acid groups (broad SMARTS) is 1. The Balaban J connectivity index is 1.81. The monoisotopic (exact) mass is 365 g/mol. The molecule has 2 N–H and O–H groups in total. The number of aromatic amines is 1. The predicted octanol–water partition coefficient (Wildman–Crippen LogP) is 5.68. The molecule has 0 aliphatic heterocycles. The van der Waals surface area contributed by atoms with Crippen LogP contribution in [0.1, 0.15) is 50.3 Å². The van der Waals surface area contributed by atoms with E-state index in [2.05, 4.69) is 18.0 Å². The molecule has 0 saturated carbocycles. The number of carboxylic acids is 1. The van der Waals surface area contributed by atoms with Gasteiger partial charge in [-0.2, -0.15) is 0 Å². The molecule has 0 fully saturated rings. The van der Waals surface area contributed by atoms with Crippen molar-refractivity contribution in [3.05, 3.63) is 28.4 Å². The highest BCUT2D eigenvalue weighted by atomic mass is 35.5. The number of hydrogen-bond donors (Lipinski definition) is 2. The minimum absolute atomic E-state index is 0.266. The van der Waals surface area contributed by atoms with Crippen molar-refractivity contribution in [2.75, 3.05) is 5.75 Å². The largest absolute Gasteiger partial charge is 0.481 e. The topological polar surface area (TPSA) is 53.1 Å². The average Bonchev–Trinajstić information content (AvgIpc) is 2.91. The van der Waals surface area contributed by atoms with Crippen molar-refractivity contribution in [3.8, 4) is 0 Å². The zero-order chi connectivity index (χ0) is 17.1. The van der Waals surface area contributed by atoms with Gasteiger partial charge in [0.05, 0.1) is 10.9 Å². The molecular weight excluding hydrogens is 342 g/mol. The number of aliphatic carboxylic acids is 1. The summed E-state index contributed by atoms with van der Waals surface area (Å²) < 4.78 is 0. The number of nitrogens with one attached hydrogen (secondary N) is 1. The molecular formula is C19H24ClNO2S. The number of thioether (sulfide) groups is 1. The summed E-state index contributed by atoms with van der Waals surface area (Å²) in [5.74, 6) is 0.127. The fourth-order valence-corrected chi connectivity index (χ4v) is 4.75. The summed E-state index contributed by atoms with van der Waals surface area (Å²) in [5, 5.41) is 11.3. The highest BCUT2D eigenvalue weighted by Crippen LogP contribution is 2.37. The van der Waals surface area contributed by atoms with Crippen LogP contribution in [0.5, 0.6) is 0 Å². The summed E-state index contributed by atoms with van der Waals surface area (Å²) in [4.78, 5) is 15.9. The van der Waals surface area contributed by atoms with E-state index in [0.717, 1.165) is 33.0 Å². The van der Waals surface area contributed by atoms with Crippen LogP contribution in [-0.4, -0.2) is 21.8 Å². The van der Waals surface area contributed by atoms with Gasteiger partial charge in [0.2, 0.25) is 0 Å². The van der Waals surface area contributed by atoms with Gasteiger partial charge < -0.3 is 10.1 Å². The Labute approximate surface area is 152 Å². The van der Waals surface area contributed by atoms with Gasteiger partial charge in [0, 0.05) is 21.5 Å². The zero-order valence-corrected chi connectivity index (χ0v) is 15.6. The Bertz CT molecular complexity index is 741. The molecule has 1 aromatic carbocycles. The second-order valence-electron chi connectivity index (χ2n) is 6.60. The SMILES string of the molecule is CCCCCCSc1cc2c3c([nH]c2cc1Cl)CCC(C(=O)O)C3. The minimum Gasteiger partial charge on any atom is -0.481 e. The quantitative estimate of drug-likeness (QED) is 0.490.